The molecule has 0 saturated carbocycles. The van der Waals surface area contributed by atoms with Crippen LogP contribution >= 0.6 is 0 Å². The Morgan fingerprint density at radius 2 is 2.29 bits per heavy atom. The van der Waals surface area contributed by atoms with Gasteiger partial charge in [-0.15, -0.1) is 0 Å². The SMILES string of the molecule is Cc1[nH]ncc1C(=O)NC(C)(CN)CC(C)C. The van der Waals surface area contributed by atoms with Crippen molar-refractivity contribution < 1.29 is 4.79 Å². The van der Waals surface area contributed by atoms with Crippen molar-refractivity contribution >= 4 is 5.91 Å². The highest BCUT2D eigenvalue weighted by Crippen LogP contribution is 2.16. The van der Waals surface area contributed by atoms with Crippen molar-refractivity contribution in [3.8, 4) is 0 Å². The molecule has 0 aromatic carbocycles. The molecule has 1 atom stereocenters. The van der Waals surface area contributed by atoms with Crippen LogP contribution in [0.4, 0.5) is 0 Å². The van der Waals surface area contributed by atoms with Gasteiger partial charge in [0.05, 0.1) is 11.8 Å². The fourth-order valence-corrected chi connectivity index (χ4v) is 2.01. The van der Waals surface area contributed by atoms with Crippen LogP contribution in [0.25, 0.3) is 0 Å². The Bertz CT molecular complexity index is 386. The number of carbonyl (C=O) groups is 1. The van der Waals surface area contributed by atoms with Crippen LogP contribution in [0.3, 0.4) is 0 Å². The summed E-state index contributed by atoms with van der Waals surface area (Å²) in [6.45, 7) is 8.45. The van der Waals surface area contributed by atoms with Gasteiger partial charge < -0.3 is 11.1 Å². The van der Waals surface area contributed by atoms with Crippen LogP contribution in [-0.2, 0) is 0 Å². The second kappa shape index (κ2) is 5.31. The molecule has 1 aromatic heterocycles. The number of aryl methyl sites for hydroxylation is 1. The standard InChI is InChI=1S/C12H22N4O/c1-8(2)5-12(4,7-13)15-11(17)10-6-14-16-9(10)3/h6,8H,5,7,13H2,1-4H3,(H,14,16)(H,15,17). The van der Waals surface area contributed by atoms with Gasteiger partial charge in [-0.1, -0.05) is 13.8 Å². The molecule has 0 radical (unpaired) electrons. The molecular formula is C12H22N4O. The number of nitrogens with two attached hydrogens (primary N) is 1. The molecule has 0 aliphatic heterocycles. The Kier molecular flexibility index (Phi) is 4.28. The Labute approximate surface area is 102 Å². The summed E-state index contributed by atoms with van der Waals surface area (Å²) in [5, 5.41) is 9.59. The maximum Gasteiger partial charge on any atom is 0.255 e. The van der Waals surface area contributed by atoms with E-state index in [1.54, 1.807) is 0 Å². The first kappa shape index (κ1) is 13.7. The zero-order valence-corrected chi connectivity index (χ0v) is 11.0. The molecule has 1 unspecified atom stereocenters. The third-order valence-electron chi connectivity index (χ3n) is 2.80. The van der Waals surface area contributed by atoms with Gasteiger partial charge in [-0.25, -0.2) is 0 Å². The van der Waals surface area contributed by atoms with Crippen LogP contribution in [0.5, 0.6) is 0 Å². The minimum Gasteiger partial charge on any atom is -0.345 e. The van der Waals surface area contributed by atoms with Gasteiger partial charge >= 0.3 is 0 Å². The summed E-state index contributed by atoms with van der Waals surface area (Å²) in [6, 6.07) is 0. The number of aromatic nitrogens is 2. The summed E-state index contributed by atoms with van der Waals surface area (Å²) >= 11 is 0. The van der Waals surface area contributed by atoms with E-state index in [0.717, 1.165) is 12.1 Å². The predicted molar refractivity (Wildman–Crippen MR) is 67.7 cm³/mol. The molecule has 0 bridgehead atoms. The Hall–Kier alpha value is -1.36. The number of hydrogen-bond acceptors (Lipinski definition) is 3. The third-order valence-corrected chi connectivity index (χ3v) is 2.80. The van der Waals surface area contributed by atoms with Crippen molar-refractivity contribution in [3.63, 3.8) is 0 Å². The molecular weight excluding hydrogens is 216 g/mol. The number of amides is 1. The first-order valence-corrected chi connectivity index (χ1v) is 5.90. The maximum atomic E-state index is 12.1. The van der Waals surface area contributed by atoms with Gasteiger partial charge in [-0.05, 0) is 26.2 Å². The number of nitrogens with zero attached hydrogens (tertiary/aromatic N) is 1. The summed E-state index contributed by atoms with van der Waals surface area (Å²) in [5.41, 5.74) is 6.74. The molecule has 0 aliphatic carbocycles. The maximum absolute atomic E-state index is 12.1. The van der Waals surface area contributed by atoms with Gasteiger partial charge in [-0.2, -0.15) is 5.10 Å². The number of carbonyl (C=O) groups excluding carboxylic acids is 1. The van der Waals surface area contributed by atoms with Crippen molar-refractivity contribution in [2.24, 2.45) is 11.7 Å². The smallest absolute Gasteiger partial charge is 0.255 e. The topological polar surface area (TPSA) is 83.8 Å². The van der Waals surface area contributed by atoms with Gasteiger partial charge in [0.1, 0.15) is 0 Å². The van der Waals surface area contributed by atoms with E-state index in [-0.39, 0.29) is 11.4 Å². The predicted octanol–water partition coefficient (Wildman–Crippen LogP) is 1.21. The van der Waals surface area contributed by atoms with E-state index < -0.39 is 0 Å². The summed E-state index contributed by atoms with van der Waals surface area (Å²) in [7, 11) is 0. The molecule has 17 heavy (non-hydrogen) atoms. The van der Waals surface area contributed by atoms with Crippen LogP contribution in [0.1, 0.15) is 43.2 Å². The van der Waals surface area contributed by atoms with Crippen molar-refractivity contribution in [1.29, 1.82) is 0 Å². The quantitative estimate of drug-likeness (QED) is 0.721. The highest BCUT2D eigenvalue weighted by molar-refractivity contribution is 5.95. The van der Waals surface area contributed by atoms with E-state index in [1.807, 2.05) is 13.8 Å². The van der Waals surface area contributed by atoms with Crippen molar-refractivity contribution in [3.05, 3.63) is 17.5 Å². The monoisotopic (exact) mass is 238 g/mol. The van der Waals surface area contributed by atoms with Gasteiger partial charge in [0.2, 0.25) is 0 Å². The molecule has 1 aromatic rings. The number of hydrogen-bond donors (Lipinski definition) is 3. The Balaban J connectivity index is 2.75. The van der Waals surface area contributed by atoms with Gasteiger partial charge in [0, 0.05) is 17.8 Å². The zero-order chi connectivity index (χ0) is 13.1. The number of H-pyrrole nitrogens is 1. The average molecular weight is 238 g/mol. The Morgan fingerprint density at radius 1 is 1.65 bits per heavy atom. The Morgan fingerprint density at radius 3 is 2.71 bits per heavy atom. The van der Waals surface area contributed by atoms with Gasteiger partial charge in [0.25, 0.3) is 5.91 Å². The van der Waals surface area contributed by atoms with E-state index >= 15 is 0 Å². The molecule has 0 saturated heterocycles. The molecule has 4 N–H and O–H groups in total. The summed E-state index contributed by atoms with van der Waals surface area (Å²) in [4.78, 5) is 12.1. The molecule has 5 heteroatoms. The normalized spacial score (nSPS) is 14.7. The van der Waals surface area contributed by atoms with E-state index in [9.17, 15) is 4.79 Å². The minimum atomic E-state index is -0.366. The van der Waals surface area contributed by atoms with Crippen LogP contribution in [-0.4, -0.2) is 28.2 Å². The number of aromatic amines is 1. The lowest BCUT2D eigenvalue weighted by Gasteiger charge is -2.31. The highest BCUT2D eigenvalue weighted by atomic mass is 16.1. The first-order valence-electron chi connectivity index (χ1n) is 5.90. The van der Waals surface area contributed by atoms with Crippen molar-refractivity contribution in [2.75, 3.05) is 6.54 Å². The number of nitrogens with one attached hydrogen (secondary N) is 2. The molecule has 1 amide bonds. The highest BCUT2D eigenvalue weighted by Gasteiger charge is 2.27. The fraction of sp³-hybridized carbons (Fsp3) is 0.667. The molecule has 0 aliphatic rings. The second-order valence-electron chi connectivity index (χ2n) is 5.23. The van der Waals surface area contributed by atoms with E-state index in [2.05, 4.69) is 29.4 Å². The van der Waals surface area contributed by atoms with Crippen LogP contribution in [0.2, 0.25) is 0 Å². The van der Waals surface area contributed by atoms with Crippen LogP contribution < -0.4 is 11.1 Å². The summed E-state index contributed by atoms with van der Waals surface area (Å²) < 4.78 is 0. The molecule has 1 rings (SSSR count). The van der Waals surface area contributed by atoms with E-state index in [0.29, 0.717) is 18.0 Å². The van der Waals surface area contributed by atoms with Gasteiger partial charge in [-0.3, -0.25) is 9.89 Å². The summed E-state index contributed by atoms with van der Waals surface area (Å²) in [5.74, 6) is 0.360. The van der Waals surface area contributed by atoms with Crippen molar-refractivity contribution in [1.82, 2.24) is 15.5 Å². The lowest BCUT2D eigenvalue weighted by molar-refractivity contribution is 0.0897. The molecule has 0 fully saturated rings. The third kappa shape index (κ3) is 3.56. The lowest BCUT2D eigenvalue weighted by Crippen LogP contribution is -2.52. The minimum absolute atomic E-state index is 0.121. The molecule has 5 nitrogen and oxygen atoms in total. The van der Waals surface area contributed by atoms with Crippen LogP contribution in [0.15, 0.2) is 6.20 Å². The van der Waals surface area contributed by atoms with Crippen molar-refractivity contribution in [2.45, 2.75) is 39.7 Å². The molecule has 96 valence electrons. The first-order chi connectivity index (χ1) is 7.88. The van der Waals surface area contributed by atoms with E-state index in [1.165, 1.54) is 6.20 Å². The number of rotatable bonds is 5. The van der Waals surface area contributed by atoms with Crippen LogP contribution in [0, 0.1) is 12.8 Å². The molecule has 1 heterocycles. The van der Waals surface area contributed by atoms with Gasteiger partial charge in [0.15, 0.2) is 0 Å². The average Bonchev–Trinajstić information content (AvgIpc) is 2.63. The zero-order valence-electron chi connectivity index (χ0n) is 11.0. The van der Waals surface area contributed by atoms with E-state index in [4.69, 9.17) is 5.73 Å². The molecule has 0 spiro atoms. The largest absolute Gasteiger partial charge is 0.345 e. The second-order valence-corrected chi connectivity index (χ2v) is 5.23. The fourth-order valence-electron chi connectivity index (χ4n) is 2.01. The summed E-state index contributed by atoms with van der Waals surface area (Å²) in [6.07, 6.45) is 2.39. The lowest BCUT2D eigenvalue weighted by atomic mass is 9.90.